The van der Waals surface area contributed by atoms with Crippen LogP contribution in [0.4, 0.5) is 4.39 Å². The molecular weight excluding hydrogens is 231 g/mol. The maximum atomic E-state index is 13.3. The monoisotopic (exact) mass is 244 g/mol. The number of hydrogen-bond donors (Lipinski definition) is 1. The zero-order chi connectivity index (χ0) is 11.8. The molecule has 0 aromatic carbocycles. The van der Waals surface area contributed by atoms with Gasteiger partial charge in [0.2, 0.25) is 10.0 Å². The fourth-order valence-electron chi connectivity index (χ4n) is 1.52. The zero-order valence-electron chi connectivity index (χ0n) is 8.85. The van der Waals surface area contributed by atoms with E-state index in [1.54, 1.807) is 6.92 Å². The van der Waals surface area contributed by atoms with Gasteiger partial charge in [0.15, 0.2) is 0 Å². The Morgan fingerprint density at radius 1 is 1.56 bits per heavy atom. The summed E-state index contributed by atoms with van der Waals surface area (Å²) >= 11 is 0. The summed E-state index contributed by atoms with van der Waals surface area (Å²) in [6, 6.07) is 0.920. The number of sulfonamides is 1. The van der Waals surface area contributed by atoms with Crippen LogP contribution in [-0.4, -0.2) is 18.7 Å². The molecule has 0 bridgehead atoms. The Labute approximate surface area is 93.9 Å². The number of hydrogen-bond acceptors (Lipinski definition) is 3. The number of nitrogens with zero attached hydrogens (tertiary/aromatic N) is 1. The molecule has 1 fully saturated rings. The molecule has 1 aliphatic rings. The molecule has 1 N–H and O–H groups in total. The van der Waals surface area contributed by atoms with E-state index in [9.17, 15) is 12.8 Å². The maximum absolute atomic E-state index is 13.3. The van der Waals surface area contributed by atoms with Crippen LogP contribution < -0.4 is 4.72 Å². The third-order valence-electron chi connectivity index (χ3n) is 2.57. The largest absolute Gasteiger partial charge is 0.262 e. The van der Waals surface area contributed by atoms with Crippen molar-refractivity contribution in [1.82, 2.24) is 9.71 Å². The molecule has 1 aromatic heterocycles. The van der Waals surface area contributed by atoms with Crippen molar-refractivity contribution in [2.45, 2.75) is 31.1 Å². The van der Waals surface area contributed by atoms with E-state index in [0.717, 1.165) is 6.20 Å². The smallest absolute Gasteiger partial charge is 0.215 e. The molecule has 4 nitrogen and oxygen atoms in total. The molecule has 88 valence electrons. The number of halogens is 1. The van der Waals surface area contributed by atoms with Crippen molar-refractivity contribution in [1.29, 1.82) is 0 Å². The molecule has 1 aliphatic carbocycles. The summed E-state index contributed by atoms with van der Waals surface area (Å²) < 4.78 is 39.1. The quantitative estimate of drug-likeness (QED) is 0.870. The van der Waals surface area contributed by atoms with Crippen LogP contribution in [0.5, 0.6) is 0 Å². The van der Waals surface area contributed by atoms with Gasteiger partial charge < -0.3 is 0 Å². The second kappa shape index (κ2) is 4.10. The first kappa shape index (κ1) is 11.5. The highest BCUT2D eigenvalue weighted by atomic mass is 32.2. The van der Waals surface area contributed by atoms with Gasteiger partial charge in [-0.05, 0) is 25.8 Å². The third kappa shape index (κ3) is 2.38. The second-order valence-electron chi connectivity index (χ2n) is 3.98. The van der Waals surface area contributed by atoms with Crippen molar-refractivity contribution in [3.63, 3.8) is 0 Å². The van der Waals surface area contributed by atoms with Crippen LogP contribution in [0, 0.1) is 5.82 Å². The minimum absolute atomic E-state index is 0.292. The number of aromatic nitrogens is 1. The molecule has 0 aliphatic heterocycles. The van der Waals surface area contributed by atoms with Gasteiger partial charge in [0, 0.05) is 17.8 Å². The Balaban J connectivity index is 2.14. The minimum atomic E-state index is -3.29. The lowest BCUT2D eigenvalue weighted by Gasteiger charge is -2.14. The zero-order valence-corrected chi connectivity index (χ0v) is 9.67. The summed E-state index contributed by atoms with van der Waals surface area (Å²) in [4.78, 5) is 3.62. The van der Waals surface area contributed by atoms with Crippen molar-refractivity contribution < 1.29 is 12.8 Å². The predicted octanol–water partition coefficient (Wildman–Crippen LogP) is 1.36. The molecule has 1 atom stereocenters. The minimum Gasteiger partial charge on any atom is -0.262 e. The lowest BCUT2D eigenvalue weighted by molar-refractivity contribution is 0.547. The molecule has 0 amide bonds. The molecule has 0 spiro atoms. The van der Waals surface area contributed by atoms with Gasteiger partial charge in [0.1, 0.15) is 5.82 Å². The molecule has 0 saturated heterocycles. The van der Waals surface area contributed by atoms with E-state index in [2.05, 4.69) is 9.71 Å². The summed E-state index contributed by atoms with van der Waals surface area (Å²) in [5, 5.41) is -0.292. The van der Waals surface area contributed by atoms with Crippen LogP contribution in [0.1, 0.15) is 31.4 Å². The fourth-order valence-corrected chi connectivity index (χ4v) is 3.09. The third-order valence-corrected chi connectivity index (χ3v) is 4.61. The molecule has 0 radical (unpaired) electrons. The average molecular weight is 244 g/mol. The van der Waals surface area contributed by atoms with Crippen LogP contribution in [0.2, 0.25) is 0 Å². The van der Waals surface area contributed by atoms with E-state index in [4.69, 9.17) is 0 Å². The van der Waals surface area contributed by atoms with Crippen LogP contribution in [0.25, 0.3) is 0 Å². The maximum Gasteiger partial charge on any atom is 0.215 e. The highest BCUT2D eigenvalue weighted by molar-refractivity contribution is 7.90. The van der Waals surface area contributed by atoms with E-state index in [1.165, 1.54) is 12.3 Å². The van der Waals surface area contributed by atoms with Gasteiger partial charge in [-0.15, -0.1) is 0 Å². The number of pyridine rings is 1. The Hall–Kier alpha value is -1.01. The SMILES string of the molecule is C[C@@H](NS(=O)(=O)C1CC1)c1ccncc1F. The van der Waals surface area contributed by atoms with Crippen LogP contribution >= 0.6 is 0 Å². The molecule has 6 heteroatoms. The molecule has 16 heavy (non-hydrogen) atoms. The molecule has 1 aromatic rings. The van der Waals surface area contributed by atoms with Crippen molar-refractivity contribution >= 4 is 10.0 Å². The first-order valence-corrected chi connectivity index (χ1v) is 6.66. The van der Waals surface area contributed by atoms with Gasteiger partial charge in [-0.1, -0.05) is 0 Å². The van der Waals surface area contributed by atoms with Crippen LogP contribution in [0.3, 0.4) is 0 Å². The Bertz CT molecular complexity index is 485. The van der Waals surface area contributed by atoms with Crippen LogP contribution in [-0.2, 0) is 10.0 Å². The molecule has 1 saturated carbocycles. The first-order valence-electron chi connectivity index (χ1n) is 5.11. The summed E-state index contributed by atoms with van der Waals surface area (Å²) in [5.41, 5.74) is 0.319. The van der Waals surface area contributed by atoms with Crippen molar-refractivity contribution in [2.24, 2.45) is 0 Å². The van der Waals surface area contributed by atoms with Crippen molar-refractivity contribution in [3.05, 3.63) is 29.8 Å². The van der Waals surface area contributed by atoms with Gasteiger partial charge in [0.05, 0.1) is 11.4 Å². The Morgan fingerprint density at radius 3 is 2.81 bits per heavy atom. The highest BCUT2D eigenvalue weighted by Gasteiger charge is 2.36. The van der Waals surface area contributed by atoms with E-state index in [0.29, 0.717) is 18.4 Å². The van der Waals surface area contributed by atoms with E-state index in [1.807, 2.05) is 0 Å². The lowest BCUT2D eigenvalue weighted by Crippen LogP contribution is -2.30. The summed E-state index contributed by atoms with van der Waals surface area (Å²) in [5.74, 6) is -0.492. The van der Waals surface area contributed by atoms with E-state index < -0.39 is 21.9 Å². The average Bonchev–Trinajstić information content (AvgIpc) is 3.00. The van der Waals surface area contributed by atoms with Crippen molar-refractivity contribution in [2.75, 3.05) is 0 Å². The van der Waals surface area contributed by atoms with Gasteiger partial charge in [-0.3, -0.25) is 4.98 Å². The number of nitrogens with one attached hydrogen (secondary N) is 1. The van der Waals surface area contributed by atoms with Gasteiger partial charge in [-0.25, -0.2) is 17.5 Å². The van der Waals surface area contributed by atoms with Crippen molar-refractivity contribution in [3.8, 4) is 0 Å². The molecular formula is C10H13FN2O2S. The standard InChI is InChI=1S/C10H13FN2O2S/c1-7(9-4-5-12-6-10(9)11)13-16(14,15)8-2-3-8/h4-8,13H,2-3H2,1H3/t7-/m1/s1. The Kier molecular flexibility index (Phi) is 2.94. The topological polar surface area (TPSA) is 59.1 Å². The fraction of sp³-hybridized carbons (Fsp3) is 0.500. The van der Waals surface area contributed by atoms with Gasteiger partial charge in [0.25, 0.3) is 0 Å². The molecule has 1 heterocycles. The molecule has 2 rings (SSSR count). The summed E-state index contributed by atoms with van der Waals surface area (Å²) in [6.07, 6.45) is 3.92. The van der Waals surface area contributed by atoms with Gasteiger partial charge >= 0.3 is 0 Å². The molecule has 0 unspecified atom stereocenters. The van der Waals surface area contributed by atoms with E-state index >= 15 is 0 Å². The second-order valence-corrected chi connectivity index (χ2v) is 5.97. The van der Waals surface area contributed by atoms with E-state index in [-0.39, 0.29) is 5.25 Å². The highest BCUT2D eigenvalue weighted by Crippen LogP contribution is 2.29. The number of rotatable bonds is 4. The first-order chi connectivity index (χ1) is 7.50. The predicted molar refractivity (Wildman–Crippen MR) is 57.7 cm³/mol. The normalized spacial score (nSPS) is 18.4. The lowest BCUT2D eigenvalue weighted by atomic mass is 10.1. The Morgan fingerprint density at radius 2 is 2.25 bits per heavy atom. The van der Waals surface area contributed by atoms with Gasteiger partial charge in [-0.2, -0.15) is 0 Å². The summed E-state index contributed by atoms with van der Waals surface area (Å²) in [6.45, 7) is 1.62. The summed E-state index contributed by atoms with van der Waals surface area (Å²) in [7, 11) is -3.29. The van der Waals surface area contributed by atoms with Crippen LogP contribution in [0.15, 0.2) is 18.5 Å².